The van der Waals surface area contributed by atoms with Gasteiger partial charge in [-0.25, -0.2) is 0 Å². The molecule has 0 aliphatic carbocycles. The molecule has 1 rings (SSSR count). The summed E-state index contributed by atoms with van der Waals surface area (Å²) in [6, 6.07) is 0. The molecule has 0 radical (unpaired) electrons. The largest absolute Gasteiger partial charge is 0.462 e. The first-order valence-electron chi connectivity index (χ1n) is 5.94. The average molecular weight is 228 g/mol. The van der Waals surface area contributed by atoms with E-state index in [2.05, 4.69) is 30.7 Å². The van der Waals surface area contributed by atoms with Gasteiger partial charge in [0.25, 0.3) is 0 Å². The zero-order valence-corrected chi connectivity index (χ0v) is 11.1. The van der Waals surface area contributed by atoms with Crippen molar-refractivity contribution in [2.24, 2.45) is 0 Å². The SMILES string of the molecule is CC(C)OC(=O)CN1CCN(C)C(C)(C)C1. The summed E-state index contributed by atoms with van der Waals surface area (Å²) in [6.45, 7) is 11.4. The highest BCUT2D eigenvalue weighted by Crippen LogP contribution is 2.18. The van der Waals surface area contributed by atoms with E-state index in [9.17, 15) is 4.79 Å². The fourth-order valence-corrected chi connectivity index (χ4v) is 1.96. The Morgan fingerprint density at radius 1 is 1.38 bits per heavy atom. The second-order valence-corrected chi connectivity index (χ2v) is 5.48. The van der Waals surface area contributed by atoms with Crippen LogP contribution in [0.25, 0.3) is 0 Å². The van der Waals surface area contributed by atoms with Crippen molar-refractivity contribution in [1.29, 1.82) is 0 Å². The number of hydrogen-bond donors (Lipinski definition) is 0. The first-order valence-corrected chi connectivity index (χ1v) is 5.94. The summed E-state index contributed by atoms with van der Waals surface area (Å²) in [7, 11) is 2.13. The maximum Gasteiger partial charge on any atom is 0.320 e. The molecule has 0 spiro atoms. The van der Waals surface area contributed by atoms with Crippen molar-refractivity contribution in [2.75, 3.05) is 33.2 Å². The summed E-state index contributed by atoms with van der Waals surface area (Å²) in [4.78, 5) is 16.0. The highest BCUT2D eigenvalue weighted by atomic mass is 16.5. The van der Waals surface area contributed by atoms with Gasteiger partial charge in [0.15, 0.2) is 0 Å². The van der Waals surface area contributed by atoms with Crippen molar-refractivity contribution in [3.63, 3.8) is 0 Å². The van der Waals surface area contributed by atoms with Gasteiger partial charge < -0.3 is 4.74 Å². The molecule has 0 bridgehead atoms. The van der Waals surface area contributed by atoms with Gasteiger partial charge in [-0.2, -0.15) is 0 Å². The van der Waals surface area contributed by atoms with Crippen LogP contribution in [0.4, 0.5) is 0 Å². The predicted molar refractivity (Wildman–Crippen MR) is 64.4 cm³/mol. The quantitative estimate of drug-likeness (QED) is 0.674. The Labute approximate surface area is 98.5 Å². The average Bonchev–Trinajstić information content (AvgIpc) is 2.09. The van der Waals surface area contributed by atoms with Crippen LogP contribution < -0.4 is 0 Å². The number of piperazine rings is 1. The molecule has 1 heterocycles. The van der Waals surface area contributed by atoms with Crippen LogP contribution in [-0.2, 0) is 9.53 Å². The number of ether oxygens (including phenoxy) is 1. The van der Waals surface area contributed by atoms with E-state index >= 15 is 0 Å². The summed E-state index contributed by atoms with van der Waals surface area (Å²) in [5.74, 6) is -0.115. The lowest BCUT2D eigenvalue weighted by atomic mass is 10.00. The van der Waals surface area contributed by atoms with E-state index in [4.69, 9.17) is 4.74 Å². The Bertz CT molecular complexity index is 251. The molecule has 0 aromatic carbocycles. The monoisotopic (exact) mass is 228 g/mol. The van der Waals surface area contributed by atoms with E-state index in [0.29, 0.717) is 6.54 Å². The lowest BCUT2D eigenvalue weighted by Gasteiger charge is -2.45. The van der Waals surface area contributed by atoms with Crippen molar-refractivity contribution in [2.45, 2.75) is 39.3 Å². The highest BCUT2D eigenvalue weighted by molar-refractivity contribution is 5.71. The second kappa shape index (κ2) is 5.15. The molecule has 4 heteroatoms. The van der Waals surface area contributed by atoms with Gasteiger partial charge in [-0.15, -0.1) is 0 Å². The van der Waals surface area contributed by atoms with Crippen LogP contribution in [0.1, 0.15) is 27.7 Å². The molecule has 0 amide bonds. The Morgan fingerprint density at radius 3 is 2.50 bits per heavy atom. The van der Waals surface area contributed by atoms with Crippen molar-refractivity contribution in [3.8, 4) is 0 Å². The van der Waals surface area contributed by atoms with E-state index in [1.165, 1.54) is 0 Å². The van der Waals surface area contributed by atoms with Gasteiger partial charge in [0.1, 0.15) is 0 Å². The first-order chi connectivity index (χ1) is 7.31. The number of hydrogen-bond acceptors (Lipinski definition) is 4. The van der Waals surface area contributed by atoms with Gasteiger partial charge >= 0.3 is 5.97 Å². The standard InChI is InChI=1S/C12H24N2O2/c1-10(2)16-11(15)8-14-7-6-13(5)12(3,4)9-14/h10H,6-9H2,1-5H3. The van der Waals surface area contributed by atoms with Crippen molar-refractivity contribution < 1.29 is 9.53 Å². The molecule has 0 unspecified atom stereocenters. The normalized spacial score (nSPS) is 22.4. The van der Waals surface area contributed by atoms with Crippen LogP contribution >= 0.6 is 0 Å². The van der Waals surface area contributed by atoms with Gasteiger partial charge in [-0.05, 0) is 34.7 Å². The molecular formula is C12H24N2O2. The van der Waals surface area contributed by atoms with Crippen LogP contribution in [0.2, 0.25) is 0 Å². The maximum absolute atomic E-state index is 11.5. The third kappa shape index (κ3) is 3.76. The van der Waals surface area contributed by atoms with Crippen molar-refractivity contribution in [1.82, 2.24) is 9.80 Å². The molecule has 0 aromatic rings. The Balaban J connectivity index is 2.42. The lowest BCUT2D eigenvalue weighted by molar-refractivity contribution is -0.149. The van der Waals surface area contributed by atoms with Gasteiger partial charge in [0.05, 0.1) is 12.6 Å². The zero-order valence-electron chi connectivity index (χ0n) is 11.1. The van der Waals surface area contributed by atoms with E-state index < -0.39 is 0 Å². The summed E-state index contributed by atoms with van der Waals surface area (Å²) < 4.78 is 5.15. The Morgan fingerprint density at radius 2 is 2.00 bits per heavy atom. The molecule has 0 aromatic heterocycles. The number of nitrogens with zero attached hydrogens (tertiary/aromatic N) is 2. The van der Waals surface area contributed by atoms with E-state index in [1.54, 1.807) is 0 Å². The van der Waals surface area contributed by atoms with Gasteiger partial charge in [0.2, 0.25) is 0 Å². The predicted octanol–water partition coefficient (Wildman–Crippen LogP) is 0.964. The molecule has 16 heavy (non-hydrogen) atoms. The maximum atomic E-state index is 11.5. The first kappa shape index (κ1) is 13.5. The summed E-state index contributed by atoms with van der Waals surface area (Å²) >= 11 is 0. The minimum atomic E-state index is -0.115. The van der Waals surface area contributed by atoms with Gasteiger partial charge in [0, 0.05) is 25.2 Å². The van der Waals surface area contributed by atoms with Crippen LogP contribution in [0.15, 0.2) is 0 Å². The van der Waals surface area contributed by atoms with E-state index in [0.717, 1.165) is 19.6 Å². The van der Waals surface area contributed by atoms with Crippen molar-refractivity contribution in [3.05, 3.63) is 0 Å². The van der Waals surface area contributed by atoms with Crippen LogP contribution in [-0.4, -0.2) is 60.6 Å². The molecular weight excluding hydrogens is 204 g/mol. The molecule has 0 N–H and O–H groups in total. The molecule has 4 nitrogen and oxygen atoms in total. The molecule has 1 saturated heterocycles. The number of rotatable bonds is 3. The zero-order chi connectivity index (χ0) is 12.3. The van der Waals surface area contributed by atoms with E-state index in [-0.39, 0.29) is 17.6 Å². The van der Waals surface area contributed by atoms with Gasteiger partial charge in [-0.1, -0.05) is 0 Å². The molecule has 1 fully saturated rings. The number of likely N-dealkylation sites (N-methyl/N-ethyl adjacent to an activating group) is 1. The molecule has 0 atom stereocenters. The molecule has 1 aliphatic heterocycles. The highest BCUT2D eigenvalue weighted by Gasteiger charge is 2.31. The summed E-state index contributed by atoms with van der Waals surface area (Å²) in [5, 5.41) is 0. The Hall–Kier alpha value is -0.610. The molecule has 1 aliphatic rings. The fourth-order valence-electron chi connectivity index (χ4n) is 1.96. The molecule has 0 saturated carbocycles. The van der Waals surface area contributed by atoms with Gasteiger partial charge in [-0.3, -0.25) is 14.6 Å². The number of carbonyl (C=O) groups excluding carboxylic acids is 1. The van der Waals surface area contributed by atoms with Crippen LogP contribution in [0.5, 0.6) is 0 Å². The lowest BCUT2D eigenvalue weighted by Crippen LogP contribution is -2.58. The minimum Gasteiger partial charge on any atom is -0.462 e. The van der Waals surface area contributed by atoms with E-state index in [1.807, 2.05) is 13.8 Å². The Kier molecular flexibility index (Phi) is 4.33. The fraction of sp³-hybridized carbons (Fsp3) is 0.917. The van der Waals surface area contributed by atoms with Crippen LogP contribution in [0.3, 0.4) is 0 Å². The third-order valence-electron chi connectivity index (χ3n) is 3.12. The second-order valence-electron chi connectivity index (χ2n) is 5.48. The molecule has 94 valence electrons. The third-order valence-corrected chi connectivity index (χ3v) is 3.12. The summed E-state index contributed by atoms with van der Waals surface area (Å²) in [6.07, 6.45) is -0.0204. The topological polar surface area (TPSA) is 32.8 Å². The van der Waals surface area contributed by atoms with Crippen molar-refractivity contribution >= 4 is 5.97 Å². The summed E-state index contributed by atoms with van der Waals surface area (Å²) in [5.41, 5.74) is 0.135. The number of esters is 1. The minimum absolute atomic E-state index is 0.0204. The van der Waals surface area contributed by atoms with Crippen LogP contribution in [0, 0.1) is 0 Å². The number of carbonyl (C=O) groups is 1. The smallest absolute Gasteiger partial charge is 0.320 e.